The minimum atomic E-state index is 0.141. The molecule has 9 heavy (non-hydrogen) atoms. The molecule has 0 spiro atoms. The largest absolute Gasteiger partial charge is 0.127 e. The van der Waals surface area contributed by atoms with Gasteiger partial charge in [-0.3, -0.25) is 0 Å². The van der Waals surface area contributed by atoms with Crippen LogP contribution in [0.2, 0.25) is 0 Å². The monoisotopic (exact) mass is 296 g/mol. The molecular formula is C5H8Br2Cl2. The summed E-state index contributed by atoms with van der Waals surface area (Å²) >= 11 is 18.1. The molecule has 0 N–H and O–H groups in total. The third-order valence-corrected chi connectivity index (χ3v) is 4.50. The number of hydrogen-bond donors (Lipinski definition) is 0. The summed E-state index contributed by atoms with van der Waals surface area (Å²) < 4.78 is 0. The molecule has 0 bridgehead atoms. The molecule has 0 aliphatic carbocycles. The Morgan fingerprint density at radius 3 is 2.33 bits per heavy atom. The van der Waals surface area contributed by atoms with Crippen molar-refractivity contribution >= 4 is 55.1 Å². The molecule has 0 aromatic carbocycles. The molecule has 56 valence electrons. The number of hydrogen-bond acceptors (Lipinski definition) is 0. The first-order valence-corrected chi connectivity index (χ1v) is 5.63. The Labute approximate surface area is 82.5 Å². The van der Waals surface area contributed by atoms with Crippen molar-refractivity contribution in [2.75, 3.05) is 11.2 Å². The molecule has 0 amide bonds. The Bertz CT molecular complexity index is 70.0. The first-order chi connectivity index (χ1) is 4.22. The normalized spacial score (nSPS) is 17.3. The van der Waals surface area contributed by atoms with Crippen LogP contribution in [0.25, 0.3) is 0 Å². The lowest BCUT2D eigenvalue weighted by Gasteiger charge is -2.10. The van der Waals surface area contributed by atoms with Crippen LogP contribution in [0.4, 0.5) is 0 Å². The number of rotatable bonds is 4. The van der Waals surface area contributed by atoms with Gasteiger partial charge >= 0.3 is 0 Å². The summed E-state index contributed by atoms with van der Waals surface area (Å²) in [6.45, 7) is 0. The maximum absolute atomic E-state index is 5.87. The van der Waals surface area contributed by atoms with Crippen molar-refractivity contribution in [3.05, 3.63) is 0 Å². The fraction of sp³-hybridized carbons (Fsp3) is 1.00. The van der Waals surface area contributed by atoms with Crippen LogP contribution in [0, 0.1) is 0 Å². The van der Waals surface area contributed by atoms with E-state index in [9.17, 15) is 0 Å². The van der Waals surface area contributed by atoms with E-state index in [0.717, 1.165) is 11.8 Å². The molecule has 2 unspecified atom stereocenters. The highest BCUT2D eigenvalue weighted by Crippen LogP contribution is 2.17. The fourth-order valence-electron chi connectivity index (χ4n) is 0.382. The predicted molar refractivity (Wildman–Crippen MR) is 51.5 cm³/mol. The van der Waals surface area contributed by atoms with Gasteiger partial charge in [-0.15, -0.1) is 23.2 Å². The second kappa shape index (κ2) is 6.26. The molecule has 0 heterocycles. The van der Waals surface area contributed by atoms with Crippen molar-refractivity contribution in [3.63, 3.8) is 0 Å². The average molecular weight is 299 g/mol. The van der Waals surface area contributed by atoms with Crippen LogP contribution in [-0.4, -0.2) is 21.4 Å². The zero-order valence-electron chi connectivity index (χ0n) is 4.79. The van der Waals surface area contributed by atoms with Gasteiger partial charge in [0.05, 0.1) is 0 Å². The van der Waals surface area contributed by atoms with Crippen molar-refractivity contribution in [3.8, 4) is 0 Å². The minimum absolute atomic E-state index is 0.141. The van der Waals surface area contributed by atoms with E-state index in [1.54, 1.807) is 0 Å². The maximum Gasteiger partial charge on any atom is 0.0480 e. The first kappa shape index (κ1) is 10.5. The Hall–Kier alpha value is 1.54. The third-order valence-electron chi connectivity index (χ3n) is 0.925. The minimum Gasteiger partial charge on any atom is -0.127 e. The summed E-state index contributed by atoms with van der Waals surface area (Å²) in [5, 5.41) is 1.01. The topological polar surface area (TPSA) is 0 Å². The van der Waals surface area contributed by atoms with Crippen molar-refractivity contribution in [2.24, 2.45) is 0 Å². The molecule has 0 rings (SSSR count). The highest BCUT2D eigenvalue weighted by molar-refractivity contribution is 9.12. The average Bonchev–Trinajstić information content (AvgIpc) is 1.87. The van der Waals surface area contributed by atoms with Crippen molar-refractivity contribution in [1.82, 2.24) is 0 Å². The van der Waals surface area contributed by atoms with Crippen LogP contribution in [0.3, 0.4) is 0 Å². The van der Waals surface area contributed by atoms with Gasteiger partial charge in [-0.25, -0.2) is 0 Å². The van der Waals surface area contributed by atoms with Crippen LogP contribution >= 0.6 is 55.1 Å². The zero-order valence-corrected chi connectivity index (χ0v) is 9.47. The Balaban J connectivity index is 3.32. The van der Waals surface area contributed by atoms with E-state index in [2.05, 4.69) is 31.9 Å². The second-order valence-corrected chi connectivity index (χ2v) is 4.43. The molecule has 0 aliphatic rings. The molecule has 4 heteroatoms. The summed E-state index contributed by atoms with van der Waals surface area (Å²) in [4.78, 5) is 0.331. The Morgan fingerprint density at radius 2 is 2.00 bits per heavy atom. The van der Waals surface area contributed by atoms with Crippen LogP contribution in [0.5, 0.6) is 0 Å². The van der Waals surface area contributed by atoms with Gasteiger partial charge < -0.3 is 0 Å². The predicted octanol–water partition coefficient (Wildman–Crippen LogP) is 3.38. The van der Waals surface area contributed by atoms with Crippen molar-refractivity contribution in [2.45, 2.75) is 16.6 Å². The van der Waals surface area contributed by atoms with E-state index in [1.807, 2.05) is 0 Å². The summed E-state index contributed by atoms with van der Waals surface area (Å²) in [7, 11) is 0. The summed E-state index contributed by atoms with van der Waals surface area (Å²) in [6, 6.07) is 0. The van der Waals surface area contributed by atoms with Crippen LogP contribution in [0.15, 0.2) is 0 Å². The van der Waals surface area contributed by atoms with E-state index in [1.165, 1.54) is 0 Å². The molecule has 0 aliphatic heterocycles. The van der Waals surface area contributed by atoms with Crippen LogP contribution < -0.4 is 0 Å². The standard InChI is InChI=1S/C5H8Br2Cl2/c6-3-4(7)5(9)1-2-8/h4-5H,1-3H2. The fourth-order valence-corrected chi connectivity index (χ4v) is 1.86. The van der Waals surface area contributed by atoms with E-state index in [-0.39, 0.29) is 5.38 Å². The molecule has 0 aromatic rings. The lowest BCUT2D eigenvalue weighted by molar-refractivity contribution is 0.821. The SMILES string of the molecule is ClCCC(Cl)C(Br)CBr. The highest BCUT2D eigenvalue weighted by atomic mass is 79.9. The Morgan fingerprint density at radius 1 is 1.44 bits per heavy atom. The van der Waals surface area contributed by atoms with E-state index < -0.39 is 0 Å². The lowest BCUT2D eigenvalue weighted by atomic mass is 10.3. The highest BCUT2D eigenvalue weighted by Gasteiger charge is 2.13. The van der Waals surface area contributed by atoms with Gasteiger partial charge in [-0.05, 0) is 6.42 Å². The third kappa shape index (κ3) is 4.88. The summed E-state index contributed by atoms with van der Waals surface area (Å²) in [6.07, 6.45) is 0.852. The summed E-state index contributed by atoms with van der Waals surface area (Å²) in [5.41, 5.74) is 0. The van der Waals surface area contributed by atoms with Gasteiger partial charge in [0.15, 0.2) is 0 Å². The molecular weight excluding hydrogens is 291 g/mol. The van der Waals surface area contributed by atoms with E-state index in [4.69, 9.17) is 23.2 Å². The quantitative estimate of drug-likeness (QED) is 0.698. The van der Waals surface area contributed by atoms with Gasteiger partial charge in [0.25, 0.3) is 0 Å². The molecule has 0 saturated heterocycles. The maximum atomic E-state index is 5.87. The van der Waals surface area contributed by atoms with Gasteiger partial charge in [-0.2, -0.15) is 0 Å². The van der Waals surface area contributed by atoms with E-state index in [0.29, 0.717) is 10.7 Å². The van der Waals surface area contributed by atoms with Crippen molar-refractivity contribution < 1.29 is 0 Å². The van der Waals surface area contributed by atoms with E-state index >= 15 is 0 Å². The smallest absolute Gasteiger partial charge is 0.0480 e. The first-order valence-electron chi connectivity index (χ1n) is 2.62. The molecule has 0 fully saturated rings. The van der Waals surface area contributed by atoms with Gasteiger partial charge in [0.2, 0.25) is 0 Å². The second-order valence-electron chi connectivity index (χ2n) is 1.66. The Kier molecular flexibility index (Phi) is 7.33. The number of alkyl halides is 4. The van der Waals surface area contributed by atoms with Gasteiger partial charge in [0, 0.05) is 21.4 Å². The van der Waals surface area contributed by atoms with Crippen LogP contribution in [0.1, 0.15) is 6.42 Å². The van der Waals surface area contributed by atoms with Gasteiger partial charge in [0.1, 0.15) is 0 Å². The van der Waals surface area contributed by atoms with Gasteiger partial charge in [-0.1, -0.05) is 31.9 Å². The molecule has 0 nitrogen and oxygen atoms in total. The lowest BCUT2D eigenvalue weighted by Crippen LogP contribution is -2.15. The molecule has 0 radical (unpaired) electrons. The molecule has 0 aromatic heterocycles. The summed E-state index contributed by atoms with van der Waals surface area (Å²) in [5.74, 6) is 0.628. The van der Waals surface area contributed by atoms with Crippen molar-refractivity contribution in [1.29, 1.82) is 0 Å². The molecule has 0 saturated carbocycles. The zero-order chi connectivity index (χ0) is 7.28. The molecule has 2 atom stereocenters. The van der Waals surface area contributed by atoms with Crippen LogP contribution in [-0.2, 0) is 0 Å². The number of halogens is 4.